The Kier molecular flexibility index (Phi) is 8.76. The van der Waals surface area contributed by atoms with E-state index in [1.807, 2.05) is 61.8 Å². The number of nitrogens with zero attached hydrogens (tertiary/aromatic N) is 6. The van der Waals surface area contributed by atoms with Crippen LogP contribution in [-0.4, -0.2) is 81.0 Å². The van der Waals surface area contributed by atoms with E-state index in [0.29, 0.717) is 54.9 Å². The molecule has 2 atom stereocenters. The number of benzene rings is 1. The number of halogens is 1. The molecule has 1 aliphatic heterocycles. The molecule has 43 heavy (non-hydrogen) atoms. The summed E-state index contributed by atoms with van der Waals surface area (Å²) in [5, 5.41) is 19.7. The zero-order valence-corrected chi connectivity index (χ0v) is 27.8. The van der Waals surface area contributed by atoms with E-state index in [2.05, 4.69) is 30.1 Å². The summed E-state index contributed by atoms with van der Waals surface area (Å²) >= 11 is 6.92. The fourth-order valence-corrected chi connectivity index (χ4v) is 6.25. The molecule has 13 heteroatoms. The minimum atomic E-state index is -1.25. The highest BCUT2D eigenvalue weighted by Gasteiger charge is 2.31. The van der Waals surface area contributed by atoms with Crippen LogP contribution in [-0.2, 0) is 23.3 Å². The van der Waals surface area contributed by atoms with Crippen molar-refractivity contribution in [2.45, 2.75) is 77.4 Å². The molecule has 1 amide bonds. The fourth-order valence-electron chi connectivity index (χ4n) is 5.18. The first-order valence-electron chi connectivity index (χ1n) is 14.7. The van der Waals surface area contributed by atoms with Gasteiger partial charge in [0.1, 0.15) is 23.7 Å². The second kappa shape index (κ2) is 12.1. The normalized spacial score (nSPS) is 18.0. The van der Waals surface area contributed by atoms with Crippen LogP contribution in [0.3, 0.4) is 0 Å². The third kappa shape index (κ3) is 7.31. The number of aryl methyl sites for hydroxylation is 1. The average molecular weight is 628 g/mol. The second-order valence-electron chi connectivity index (χ2n) is 13.5. The number of piperidine rings is 1. The maximum Gasteiger partial charge on any atom is 0.407 e. The van der Waals surface area contributed by atoms with Gasteiger partial charge in [0.2, 0.25) is 0 Å². The number of fused-ring (bicyclic) bond motifs is 2. The molecule has 4 heterocycles. The number of alkyl carbamates (subject to hydrolysis) is 1. The van der Waals surface area contributed by atoms with Crippen LogP contribution in [0.5, 0.6) is 0 Å². The van der Waals surface area contributed by atoms with Gasteiger partial charge >= 0.3 is 6.09 Å². The van der Waals surface area contributed by atoms with Gasteiger partial charge in [0.15, 0.2) is 5.65 Å². The molecule has 1 saturated heterocycles. The molecule has 3 aromatic heterocycles. The summed E-state index contributed by atoms with van der Waals surface area (Å²) in [5.74, 6) is 0.643. The van der Waals surface area contributed by atoms with E-state index in [-0.39, 0.29) is 0 Å². The van der Waals surface area contributed by atoms with Crippen molar-refractivity contribution in [1.29, 1.82) is 0 Å². The van der Waals surface area contributed by atoms with Crippen LogP contribution in [0, 0.1) is 0 Å². The van der Waals surface area contributed by atoms with E-state index < -0.39 is 31.9 Å². The molecule has 2 N–H and O–H groups in total. The van der Waals surface area contributed by atoms with Crippen LogP contribution in [0.2, 0.25) is 30.7 Å². The summed E-state index contributed by atoms with van der Waals surface area (Å²) in [6, 6.07) is 4.58. The van der Waals surface area contributed by atoms with Crippen molar-refractivity contribution >= 4 is 53.7 Å². The number of aromatic nitrogens is 5. The van der Waals surface area contributed by atoms with Gasteiger partial charge in [-0.05, 0) is 39.3 Å². The standard InChI is InChI=1S/C30H42ClN7O4Si/c1-30(2,3)42-29(40)33-23-10-11-37(17-24(23)39)25-14-32-27-20(19-8-9-22-21(26(19)31)15-36(4)35-22)16-38(28(27)34-25)18-41-12-13-43(5,6)7/h8-9,14-16,23-24,39H,10-13,17-18H2,1-7H3,(H,33,40)/t23-,24-/m0/s1. The Labute approximate surface area is 258 Å². The molecule has 232 valence electrons. The first-order chi connectivity index (χ1) is 20.2. The summed E-state index contributed by atoms with van der Waals surface area (Å²) in [7, 11) is 0.629. The smallest absolute Gasteiger partial charge is 0.407 e. The average Bonchev–Trinajstić information content (AvgIpc) is 3.46. The predicted molar refractivity (Wildman–Crippen MR) is 172 cm³/mol. The molecule has 0 bridgehead atoms. The van der Waals surface area contributed by atoms with E-state index in [1.54, 1.807) is 10.9 Å². The van der Waals surface area contributed by atoms with Gasteiger partial charge in [-0.2, -0.15) is 5.10 Å². The quantitative estimate of drug-likeness (QED) is 0.196. The zero-order valence-electron chi connectivity index (χ0n) is 26.0. The molecule has 0 aliphatic carbocycles. The molecule has 11 nitrogen and oxygen atoms in total. The van der Waals surface area contributed by atoms with E-state index >= 15 is 0 Å². The minimum absolute atomic E-state index is 0.296. The number of hydrogen-bond donors (Lipinski definition) is 2. The lowest BCUT2D eigenvalue weighted by atomic mass is 10.0. The molecule has 4 aromatic rings. The van der Waals surface area contributed by atoms with Gasteiger partial charge in [-0.25, -0.2) is 14.8 Å². The van der Waals surface area contributed by atoms with Gasteiger partial charge in [0, 0.05) is 63.7 Å². The minimum Gasteiger partial charge on any atom is -0.444 e. The Bertz CT molecular complexity index is 1620. The molecule has 0 spiro atoms. The topological polar surface area (TPSA) is 120 Å². The van der Waals surface area contributed by atoms with Crippen LogP contribution in [0.1, 0.15) is 27.2 Å². The van der Waals surface area contributed by atoms with Crippen LogP contribution in [0.25, 0.3) is 33.2 Å². The maximum absolute atomic E-state index is 12.3. The largest absolute Gasteiger partial charge is 0.444 e. The highest BCUT2D eigenvalue weighted by molar-refractivity contribution is 6.76. The van der Waals surface area contributed by atoms with Crippen LogP contribution < -0.4 is 10.2 Å². The number of aliphatic hydroxyl groups excluding tert-OH is 1. The second-order valence-corrected chi connectivity index (χ2v) is 19.5. The number of aliphatic hydroxyl groups is 1. The number of ether oxygens (including phenoxy) is 2. The Morgan fingerprint density at radius 1 is 1.21 bits per heavy atom. The lowest BCUT2D eigenvalue weighted by Gasteiger charge is -2.37. The lowest BCUT2D eigenvalue weighted by molar-refractivity contribution is 0.0402. The van der Waals surface area contributed by atoms with E-state index in [0.717, 1.165) is 28.1 Å². The number of β-amino-alcohol motifs (C(OH)–C–C–N with tert-alkyl or cyclic N) is 1. The molecule has 0 radical (unpaired) electrons. The van der Waals surface area contributed by atoms with Crippen molar-refractivity contribution in [2.24, 2.45) is 7.05 Å². The molecule has 5 rings (SSSR count). The highest BCUT2D eigenvalue weighted by Crippen LogP contribution is 2.38. The van der Waals surface area contributed by atoms with E-state index in [4.69, 9.17) is 31.0 Å². The molecular weight excluding hydrogens is 586 g/mol. The summed E-state index contributed by atoms with van der Waals surface area (Å²) in [4.78, 5) is 24.1. The van der Waals surface area contributed by atoms with Crippen LogP contribution in [0.15, 0.2) is 30.7 Å². The number of amides is 1. The number of carbonyl (C=O) groups is 1. The van der Waals surface area contributed by atoms with Crippen molar-refractivity contribution in [1.82, 2.24) is 29.6 Å². The van der Waals surface area contributed by atoms with Gasteiger partial charge in [-0.15, -0.1) is 0 Å². The van der Waals surface area contributed by atoms with E-state index in [9.17, 15) is 9.90 Å². The Morgan fingerprint density at radius 3 is 2.67 bits per heavy atom. The molecular formula is C30H42ClN7O4Si. The van der Waals surface area contributed by atoms with Gasteiger partial charge in [0.05, 0.1) is 28.9 Å². The molecule has 1 fully saturated rings. The number of carbonyl (C=O) groups excluding carboxylic acids is 1. The zero-order chi connectivity index (χ0) is 31.1. The molecule has 1 aromatic carbocycles. The van der Waals surface area contributed by atoms with E-state index in [1.165, 1.54) is 0 Å². The van der Waals surface area contributed by atoms with Crippen molar-refractivity contribution < 1.29 is 19.4 Å². The maximum atomic E-state index is 12.3. The lowest BCUT2D eigenvalue weighted by Crippen LogP contribution is -2.55. The van der Waals surface area contributed by atoms with Gasteiger partial charge in [-0.3, -0.25) is 4.68 Å². The first kappa shape index (κ1) is 31.2. The molecule has 0 unspecified atom stereocenters. The number of anilines is 1. The summed E-state index contributed by atoms with van der Waals surface area (Å²) in [6.07, 6.45) is 4.85. The van der Waals surface area contributed by atoms with Crippen molar-refractivity contribution in [2.75, 3.05) is 24.6 Å². The Hall–Kier alpha value is -3.19. The summed E-state index contributed by atoms with van der Waals surface area (Å²) in [6.45, 7) is 14.3. The number of hydrogen-bond acceptors (Lipinski definition) is 8. The van der Waals surface area contributed by atoms with Crippen molar-refractivity contribution in [3.8, 4) is 11.1 Å². The summed E-state index contributed by atoms with van der Waals surface area (Å²) < 4.78 is 15.2. The Balaban J connectivity index is 1.42. The monoisotopic (exact) mass is 627 g/mol. The third-order valence-corrected chi connectivity index (χ3v) is 9.53. The SMILES string of the molecule is Cn1cc2c(Cl)c(-c3cn(COCC[Si](C)(C)C)c4nc(N5CC[C@H](NC(=O)OC(C)(C)C)[C@@H](O)C5)cnc34)ccc2n1. The first-order valence-corrected chi connectivity index (χ1v) is 18.8. The van der Waals surface area contributed by atoms with Crippen LogP contribution in [0.4, 0.5) is 10.6 Å². The molecule has 1 aliphatic rings. The van der Waals surface area contributed by atoms with Gasteiger partial charge < -0.3 is 29.4 Å². The van der Waals surface area contributed by atoms with Crippen molar-refractivity contribution in [3.63, 3.8) is 0 Å². The number of nitrogens with one attached hydrogen (secondary N) is 1. The van der Waals surface area contributed by atoms with Crippen molar-refractivity contribution in [3.05, 3.63) is 35.7 Å². The van der Waals surface area contributed by atoms with Gasteiger partial charge in [-0.1, -0.05) is 37.3 Å². The highest BCUT2D eigenvalue weighted by atomic mass is 35.5. The Morgan fingerprint density at radius 2 is 1.98 bits per heavy atom. The van der Waals surface area contributed by atoms with Crippen LogP contribution >= 0.6 is 11.6 Å². The predicted octanol–water partition coefficient (Wildman–Crippen LogP) is 5.42. The third-order valence-electron chi connectivity index (χ3n) is 7.42. The fraction of sp³-hybridized carbons (Fsp3) is 0.533. The summed E-state index contributed by atoms with van der Waals surface area (Å²) in [5.41, 5.74) is 3.31. The molecule has 0 saturated carbocycles. The number of rotatable bonds is 8. The van der Waals surface area contributed by atoms with Gasteiger partial charge in [0.25, 0.3) is 0 Å².